The van der Waals surface area contributed by atoms with Crippen molar-refractivity contribution in [3.05, 3.63) is 12.7 Å². The fourth-order valence-electron chi connectivity index (χ4n) is 1.21. The lowest BCUT2D eigenvalue weighted by molar-refractivity contribution is 0.188. The third-order valence-corrected chi connectivity index (χ3v) is 1.90. The van der Waals surface area contributed by atoms with Gasteiger partial charge in [-0.05, 0) is 0 Å². The predicted molar refractivity (Wildman–Crippen MR) is 43.8 cm³/mol. The van der Waals surface area contributed by atoms with Gasteiger partial charge in [0.2, 0.25) is 0 Å². The Labute approximate surface area is 67.5 Å². The van der Waals surface area contributed by atoms with Gasteiger partial charge in [0.15, 0.2) is 6.19 Å². The Morgan fingerprint density at radius 2 is 2.00 bits per heavy atom. The summed E-state index contributed by atoms with van der Waals surface area (Å²) in [7, 11) is 0. The molecule has 11 heavy (non-hydrogen) atoms. The smallest absolute Gasteiger partial charge is 0.179 e. The van der Waals surface area contributed by atoms with Gasteiger partial charge in [0.1, 0.15) is 0 Å². The first-order chi connectivity index (χ1) is 5.36. The maximum atomic E-state index is 8.54. The van der Waals surface area contributed by atoms with Crippen LogP contribution in [0.2, 0.25) is 0 Å². The van der Waals surface area contributed by atoms with Gasteiger partial charge in [-0.2, -0.15) is 5.26 Å². The molecule has 0 bridgehead atoms. The first-order valence-electron chi connectivity index (χ1n) is 3.84. The van der Waals surface area contributed by atoms with Crippen LogP contribution in [0.15, 0.2) is 12.7 Å². The molecule has 3 nitrogen and oxygen atoms in total. The number of hydrogen-bond donors (Lipinski definition) is 0. The molecule has 0 N–H and O–H groups in total. The molecule has 3 heteroatoms. The highest BCUT2D eigenvalue weighted by atomic mass is 15.2. The predicted octanol–water partition coefficient (Wildman–Crippen LogP) is 0.271. The van der Waals surface area contributed by atoms with Gasteiger partial charge in [-0.3, -0.25) is 4.90 Å². The lowest BCUT2D eigenvalue weighted by Crippen LogP contribution is -2.44. The van der Waals surface area contributed by atoms with E-state index in [1.54, 1.807) is 4.90 Å². The van der Waals surface area contributed by atoms with E-state index in [0.29, 0.717) is 0 Å². The van der Waals surface area contributed by atoms with Gasteiger partial charge in [-0.1, -0.05) is 6.08 Å². The van der Waals surface area contributed by atoms with Gasteiger partial charge >= 0.3 is 0 Å². The van der Waals surface area contributed by atoms with E-state index in [4.69, 9.17) is 5.26 Å². The van der Waals surface area contributed by atoms with Crippen LogP contribution in [-0.4, -0.2) is 42.5 Å². The van der Waals surface area contributed by atoms with Gasteiger partial charge in [-0.25, -0.2) is 0 Å². The largest absolute Gasteiger partial charge is 0.308 e. The molecule has 60 valence electrons. The van der Waals surface area contributed by atoms with Crippen molar-refractivity contribution in [2.45, 2.75) is 0 Å². The monoisotopic (exact) mass is 151 g/mol. The highest BCUT2D eigenvalue weighted by Gasteiger charge is 2.13. The summed E-state index contributed by atoms with van der Waals surface area (Å²) >= 11 is 0. The number of piperazine rings is 1. The maximum absolute atomic E-state index is 8.54. The Balaban J connectivity index is 2.25. The van der Waals surface area contributed by atoms with Crippen LogP contribution in [-0.2, 0) is 0 Å². The van der Waals surface area contributed by atoms with Crippen molar-refractivity contribution in [3.8, 4) is 6.19 Å². The molecule has 0 spiro atoms. The molecule has 0 aromatic rings. The van der Waals surface area contributed by atoms with E-state index < -0.39 is 0 Å². The first kappa shape index (κ1) is 8.09. The SMILES string of the molecule is C=CCN1CCN(C#N)CC1. The van der Waals surface area contributed by atoms with Gasteiger partial charge in [-0.15, -0.1) is 6.58 Å². The Hall–Kier alpha value is -1.01. The molecule has 0 radical (unpaired) electrons. The summed E-state index contributed by atoms with van der Waals surface area (Å²) in [4.78, 5) is 4.08. The highest BCUT2D eigenvalue weighted by Crippen LogP contribution is 1.98. The van der Waals surface area contributed by atoms with Crippen molar-refractivity contribution in [2.24, 2.45) is 0 Å². The Morgan fingerprint density at radius 3 is 2.45 bits per heavy atom. The number of rotatable bonds is 2. The van der Waals surface area contributed by atoms with E-state index in [9.17, 15) is 0 Å². The van der Waals surface area contributed by atoms with E-state index in [-0.39, 0.29) is 0 Å². The average Bonchev–Trinajstić information content (AvgIpc) is 2.07. The summed E-state index contributed by atoms with van der Waals surface area (Å²) < 4.78 is 0. The highest BCUT2D eigenvalue weighted by molar-refractivity contribution is 4.83. The summed E-state index contributed by atoms with van der Waals surface area (Å²) in [6.07, 6.45) is 4.05. The maximum Gasteiger partial charge on any atom is 0.179 e. The van der Waals surface area contributed by atoms with Crippen LogP contribution in [0.25, 0.3) is 0 Å². The minimum atomic E-state index is 0.865. The van der Waals surface area contributed by atoms with E-state index in [1.165, 1.54) is 0 Å². The Morgan fingerprint density at radius 1 is 1.36 bits per heavy atom. The van der Waals surface area contributed by atoms with Crippen LogP contribution in [0.3, 0.4) is 0 Å². The molecular weight excluding hydrogens is 138 g/mol. The number of nitriles is 1. The van der Waals surface area contributed by atoms with Crippen molar-refractivity contribution in [1.82, 2.24) is 9.80 Å². The summed E-state index contributed by atoms with van der Waals surface area (Å²) in [5, 5.41) is 8.54. The van der Waals surface area contributed by atoms with Crippen molar-refractivity contribution in [2.75, 3.05) is 32.7 Å². The minimum Gasteiger partial charge on any atom is -0.308 e. The molecule has 0 atom stereocenters. The second kappa shape index (κ2) is 3.99. The number of nitrogens with zero attached hydrogens (tertiary/aromatic N) is 3. The van der Waals surface area contributed by atoms with E-state index in [2.05, 4.69) is 17.7 Å². The second-order valence-corrected chi connectivity index (χ2v) is 2.68. The Kier molecular flexibility index (Phi) is 2.94. The van der Waals surface area contributed by atoms with Gasteiger partial charge in [0, 0.05) is 32.7 Å². The fraction of sp³-hybridized carbons (Fsp3) is 0.625. The van der Waals surface area contributed by atoms with Crippen molar-refractivity contribution in [3.63, 3.8) is 0 Å². The van der Waals surface area contributed by atoms with Gasteiger partial charge < -0.3 is 4.90 Å². The summed E-state index contributed by atoms with van der Waals surface area (Å²) in [6, 6.07) is 0. The van der Waals surface area contributed by atoms with Crippen LogP contribution < -0.4 is 0 Å². The van der Waals surface area contributed by atoms with Crippen LogP contribution in [0.5, 0.6) is 0 Å². The van der Waals surface area contributed by atoms with Gasteiger partial charge in [0.25, 0.3) is 0 Å². The van der Waals surface area contributed by atoms with Crippen LogP contribution in [0.4, 0.5) is 0 Å². The molecule has 0 unspecified atom stereocenters. The molecule has 0 amide bonds. The van der Waals surface area contributed by atoms with Crippen LogP contribution in [0.1, 0.15) is 0 Å². The normalized spacial score (nSPS) is 19.4. The molecule has 1 aliphatic rings. The lowest BCUT2D eigenvalue weighted by Gasteiger charge is -2.30. The van der Waals surface area contributed by atoms with Gasteiger partial charge in [0.05, 0.1) is 0 Å². The summed E-state index contributed by atoms with van der Waals surface area (Å²) in [5.74, 6) is 0. The third kappa shape index (κ3) is 2.24. The molecule has 0 aliphatic carbocycles. The van der Waals surface area contributed by atoms with Crippen LogP contribution in [0, 0.1) is 11.5 Å². The molecule has 1 aliphatic heterocycles. The molecule has 1 fully saturated rings. The Bertz CT molecular complexity index is 163. The topological polar surface area (TPSA) is 30.3 Å². The zero-order chi connectivity index (χ0) is 8.10. The molecule has 0 aromatic heterocycles. The van der Waals surface area contributed by atoms with E-state index in [0.717, 1.165) is 32.7 Å². The number of hydrogen-bond acceptors (Lipinski definition) is 3. The molecule has 1 heterocycles. The second-order valence-electron chi connectivity index (χ2n) is 2.68. The fourth-order valence-corrected chi connectivity index (χ4v) is 1.21. The van der Waals surface area contributed by atoms with Crippen molar-refractivity contribution >= 4 is 0 Å². The lowest BCUT2D eigenvalue weighted by atomic mass is 10.3. The van der Waals surface area contributed by atoms with Crippen molar-refractivity contribution in [1.29, 1.82) is 5.26 Å². The van der Waals surface area contributed by atoms with E-state index in [1.807, 2.05) is 6.08 Å². The molecule has 0 aromatic carbocycles. The molecule has 1 rings (SSSR count). The van der Waals surface area contributed by atoms with Crippen molar-refractivity contribution < 1.29 is 0 Å². The molecule has 0 saturated carbocycles. The minimum absolute atomic E-state index is 0.865. The standard InChI is InChI=1S/C8H13N3/c1-2-3-10-4-6-11(8-9)7-5-10/h2H,1,3-7H2. The van der Waals surface area contributed by atoms with Crippen LogP contribution >= 0.6 is 0 Å². The third-order valence-electron chi connectivity index (χ3n) is 1.90. The first-order valence-corrected chi connectivity index (χ1v) is 3.84. The summed E-state index contributed by atoms with van der Waals surface area (Å²) in [6.45, 7) is 8.32. The zero-order valence-corrected chi connectivity index (χ0v) is 6.66. The van der Waals surface area contributed by atoms with E-state index >= 15 is 0 Å². The summed E-state index contributed by atoms with van der Waals surface area (Å²) in [5.41, 5.74) is 0. The molecular formula is C8H13N3. The molecule has 1 saturated heterocycles. The zero-order valence-electron chi connectivity index (χ0n) is 6.66. The quantitative estimate of drug-likeness (QED) is 0.419. The average molecular weight is 151 g/mol.